The van der Waals surface area contributed by atoms with Crippen molar-refractivity contribution < 1.29 is 60.7 Å². The minimum atomic E-state index is -3.17. The molecule has 1 rings (SSSR count). The maximum absolute atomic E-state index is 7.16. The van der Waals surface area contributed by atoms with E-state index in [1.807, 2.05) is 6.55 Å². The van der Waals surface area contributed by atoms with Crippen molar-refractivity contribution >= 4 is 60.9 Å². The van der Waals surface area contributed by atoms with Gasteiger partial charge in [0.2, 0.25) is 0 Å². The van der Waals surface area contributed by atoms with Crippen molar-refractivity contribution in [3.8, 4) is 0 Å². The lowest BCUT2D eigenvalue weighted by Gasteiger charge is -2.49. The van der Waals surface area contributed by atoms with Crippen molar-refractivity contribution in [2.75, 3.05) is 71.1 Å². The zero-order valence-electron chi connectivity index (χ0n) is 29.6. The first-order valence-corrected chi connectivity index (χ1v) is 30.5. The molecule has 0 aromatic rings. The molecule has 1 aliphatic rings. The van der Waals surface area contributed by atoms with Gasteiger partial charge >= 0.3 is 60.9 Å². The molecular weight excluding hydrogens is 697 g/mol. The molecule has 0 saturated carbocycles. The summed E-state index contributed by atoms with van der Waals surface area (Å²) in [6, 6.07) is 3.87. The van der Waals surface area contributed by atoms with Crippen molar-refractivity contribution in [3.63, 3.8) is 0 Å². The summed E-state index contributed by atoms with van der Waals surface area (Å²) in [7, 11) is -4.02. The molecule has 1 heterocycles. The Morgan fingerprint density at radius 3 is 0.818 bits per heavy atom. The highest BCUT2D eigenvalue weighted by Gasteiger charge is 2.58. The molecule has 21 heteroatoms. The van der Waals surface area contributed by atoms with E-state index in [4.69, 9.17) is 60.7 Å². The number of hydrogen-bond acceptors (Lipinski definition) is 14. The molecule has 1 saturated heterocycles. The molecule has 14 nitrogen and oxygen atoms in total. The zero-order chi connectivity index (χ0) is 33.8. The predicted octanol–water partition coefficient (Wildman–Crippen LogP) is 4.30. The quantitative estimate of drug-likeness (QED) is 0.146. The van der Waals surface area contributed by atoms with Crippen LogP contribution < -0.4 is 0 Å². The van der Waals surface area contributed by atoms with E-state index in [-0.39, 0.29) is 0 Å². The lowest BCUT2D eigenvalue weighted by atomic mass is 10.6. The Hall–Kier alpha value is 0.958. The standard InChI is InChI=1S/C23H60O14Si7/c1-24-41(14)36-39(12,19-16-22-43(28-5,29-6)30-7)34-38(11,18-15-21-42(25-2,26-3)27-4)35-40(13,37-41)20-17-23-44(31-8,32-9)33-10/h15-23H2,1-14H3. The van der Waals surface area contributed by atoms with Gasteiger partial charge in [-0.2, -0.15) is 0 Å². The monoisotopic (exact) mass is 756 g/mol. The van der Waals surface area contributed by atoms with E-state index in [1.54, 1.807) is 71.1 Å². The van der Waals surface area contributed by atoms with E-state index in [0.717, 1.165) is 19.3 Å². The molecule has 264 valence electrons. The maximum atomic E-state index is 7.16. The van der Waals surface area contributed by atoms with Gasteiger partial charge in [0, 0.05) is 95.8 Å². The van der Waals surface area contributed by atoms with Gasteiger partial charge in [-0.05, 0) is 57.0 Å². The van der Waals surface area contributed by atoms with Crippen molar-refractivity contribution in [1.29, 1.82) is 0 Å². The molecule has 0 amide bonds. The Morgan fingerprint density at radius 2 is 0.614 bits per heavy atom. The average molecular weight is 757 g/mol. The molecule has 0 aromatic carbocycles. The van der Waals surface area contributed by atoms with Crippen LogP contribution in [0.2, 0.25) is 62.5 Å². The summed E-state index contributed by atoms with van der Waals surface area (Å²) in [5.74, 6) is 0. The first-order valence-electron chi connectivity index (χ1n) is 14.9. The third-order valence-corrected chi connectivity index (χ3v) is 34.5. The number of hydrogen-bond donors (Lipinski definition) is 0. The molecule has 1 fully saturated rings. The van der Waals surface area contributed by atoms with Gasteiger partial charge < -0.3 is 60.7 Å². The zero-order valence-corrected chi connectivity index (χ0v) is 36.6. The fourth-order valence-corrected chi connectivity index (χ4v) is 33.3. The summed E-state index contributed by atoms with van der Waals surface area (Å²) in [5.41, 5.74) is 0. The minimum absolute atomic E-state index is 0.622. The molecule has 2 atom stereocenters. The van der Waals surface area contributed by atoms with Crippen LogP contribution in [0.4, 0.5) is 0 Å². The molecule has 2 unspecified atom stereocenters. The summed E-state index contributed by atoms with van der Waals surface area (Å²) in [5, 5.41) is 0. The molecule has 0 spiro atoms. The minimum Gasteiger partial charge on any atom is -0.416 e. The second-order valence-electron chi connectivity index (χ2n) is 11.3. The van der Waals surface area contributed by atoms with Crippen LogP contribution in [-0.4, -0.2) is 132 Å². The van der Waals surface area contributed by atoms with Crippen molar-refractivity contribution in [3.05, 3.63) is 0 Å². The molecule has 0 bridgehead atoms. The van der Waals surface area contributed by atoms with Gasteiger partial charge in [0.15, 0.2) is 0 Å². The third-order valence-electron chi connectivity index (χ3n) is 8.18. The van der Waals surface area contributed by atoms with Crippen LogP contribution in [0, 0.1) is 0 Å². The fraction of sp³-hybridized carbons (Fsp3) is 1.00. The van der Waals surface area contributed by atoms with Gasteiger partial charge in [-0.15, -0.1) is 0 Å². The normalized spacial score (nSPS) is 29.0. The van der Waals surface area contributed by atoms with Crippen molar-refractivity contribution in [2.45, 2.75) is 81.7 Å². The molecule has 44 heavy (non-hydrogen) atoms. The van der Waals surface area contributed by atoms with E-state index in [9.17, 15) is 0 Å². The number of rotatable bonds is 22. The van der Waals surface area contributed by atoms with E-state index in [1.165, 1.54) is 0 Å². The summed E-state index contributed by atoms with van der Waals surface area (Å²) in [4.78, 5) is 0. The van der Waals surface area contributed by atoms with Crippen LogP contribution in [0.1, 0.15) is 19.3 Å². The fourth-order valence-electron chi connectivity index (χ4n) is 5.72. The molecule has 1 aliphatic heterocycles. The summed E-state index contributed by atoms with van der Waals surface area (Å²) in [6.07, 6.45) is 2.18. The van der Waals surface area contributed by atoms with Gasteiger partial charge in [-0.25, -0.2) is 0 Å². The van der Waals surface area contributed by atoms with Crippen LogP contribution in [0.3, 0.4) is 0 Å². The second kappa shape index (κ2) is 18.6. The maximum Gasteiger partial charge on any atom is 0.500 e. The summed E-state index contributed by atoms with van der Waals surface area (Å²) in [6.45, 7) is 8.18. The summed E-state index contributed by atoms with van der Waals surface area (Å²) >= 11 is 0. The highest BCUT2D eigenvalue weighted by atomic mass is 28.5. The molecule has 0 radical (unpaired) electrons. The first-order chi connectivity index (χ1) is 20.6. The SMILES string of the molecule is CO[Si]1(C)O[Si](C)(CCC[Si](OC)(OC)OC)O[Si](C)(CCC[Si](OC)(OC)OC)O[Si](C)(CCC[Si](OC)(OC)OC)O1. The van der Waals surface area contributed by atoms with Gasteiger partial charge in [0.1, 0.15) is 0 Å². The van der Waals surface area contributed by atoms with Gasteiger partial charge in [0.05, 0.1) is 0 Å². The summed E-state index contributed by atoms with van der Waals surface area (Å²) < 4.78 is 85.1. The smallest absolute Gasteiger partial charge is 0.416 e. The Labute approximate surface area is 273 Å². The van der Waals surface area contributed by atoms with Crippen molar-refractivity contribution in [2.24, 2.45) is 0 Å². The Balaban J connectivity index is 3.38. The lowest BCUT2D eigenvalue weighted by Crippen LogP contribution is -2.68. The van der Waals surface area contributed by atoms with Gasteiger partial charge in [-0.1, -0.05) is 0 Å². The van der Waals surface area contributed by atoms with E-state index < -0.39 is 60.9 Å². The van der Waals surface area contributed by atoms with Crippen LogP contribution in [0.5, 0.6) is 0 Å². The second-order valence-corrected chi connectivity index (χ2v) is 34.3. The first kappa shape index (κ1) is 43.0. The van der Waals surface area contributed by atoms with Crippen LogP contribution >= 0.6 is 0 Å². The van der Waals surface area contributed by atoms with Crippen molar-refractivity contribution in [1.82, 2.24) is 0 Å². The molecule has 0 aliphatic carbocycles. The topological polar surface area (TPSA) is 129 Å². The van der Waals surface area contributed by atoms with Crippen LogP contribution in [-0.2, 0) is 60.7 Å². The van der Waals surface area contributed by atoms with Gasteiger partial charge in [-0.3, -0.25) is 0 Å². The molecule has 0 aromatic heterocycles. The Morgan fingerprint density at radius 1 is 0.386 bits per heavy atom. The van der Waals surface area contributed by atoms with Gasteiger partial charge in [0.25, 0.3) is 0 Å². The lowest BCUT2D eigenvalue weighted by molar-refractivity contribution is 0.122. The third kappa shape index (κ3) is 12.1. The highest BCUT2D eigenvalue weighted by Crippen LogP contribution is 2.39. The highest BCUT2D eigenvalue weighted by molar-refractivity contribution is 6.92. The van der Waals surface area contributed by atoms with E-state index in [2.05, 4.69) is 19.6 Å². The molecule has 0 N–H and O–H groups in total. The Bertz CT molecular complexity index is 755. The van der Waals surface area contributed by atoms with E-state index >= 15 is 0 Å². The van der Waals surface area contributed by atoms with Crippen LogP contribution in [0.15, 0.2) is 0 Å². The van der Waals surface area contributed by atoms with E-state index in [0.29, 0.717) is 36.3 Å². The largest absolute Gasteiger partial charge is 0.500 e. The average Bonchev–Trinajstić information content (AvgIpc) is 2.99. The van der Waals surface area contributed by atoms with Crippen LogP contribution in [0.25, 0.3) is 0 Å². The predicted molar refractivity (Wildman–Crippen MR) is 181 cm³/mol. The molecular formula is C23H60O14Si7. The Kier molecular flexibility index (Phi) is 18.2.